The largest absolute Gasteiger partial charge is 0.453 e. The highest BCUT2D eigenvalue weighted by molar-refractivity contribution is 7.18. The van der Waals surface area contributed by atoms with E-state index in [2.05, 4.69) is 5.32 Å². The van der Waals surface area contributed by atoms with Crippen LogP contribution in [-0.4, -0.2) is 23.8 Å². The first-order valence-electron chi connectivity index (χ1n) is 7.51. The lowest BCUT2D eigenvalue weighted by atomic mass is 10.2. The second-order valence-electron chi connectivity index (χ2n) is 5.25. The van der Waals surface area contributed by atoms with Crippen LogP contribution < -0.4 is 5.32 Å². The number of halogens is 3. The molecule has 0 bridgehead atoms. The lowest BCUT2D eigenvalue weighted by Crippen LogP contribution is -2.30. The molecule has 2 aromatic rings. The zero-order chi connectivity index (χ0) is 19.3. The quantitative estimate of drug-likeness (QED) is 0.477. The number of anilines is 1. The number of carbonyl (C=O) groups excluding carboxylic acids is 3. The predicted molar refractivity (Wildman–Crippen MR) is 104 cm³/mol. The van der Waals surface area contributed by atoms with Crippen LogP contribution in [0.1, 0.15) is 29.4 Å². The van der Waals surface area contributed by atoms with Crippen molar-refractivity contribution in [1.29, 1.82) is 0 Å². The molecule has 0 saturated heterocycles. The summed E-state index contributed by atoms with van der Waals surface area (Å²) in [7, 11) is 0. The van der Waals surface area contributed by atoms with Gasteiger partial charge in [-0.3, -0.25) is 14.4 Å². The van der Waals surface area contributed by atoms with E-state index in [1.807, 2.05) is 0 Å². The molecule has 1 unspecified atom stereocenters. The number of esters is 1. The smallest absolute Gasteiger partial charge is 0.307 e. The van der Waals surface area contributed by atoms with Gasteiger partial charge in [0.25, 0.3) is 5.91 Å². The van der Waals surface area contributed by atoms with Crippen molar-refractivity contribution in [2.45, 2.75) is 25.9 Å². The van der Waals surface area contributed by atoms with Gasteiger partial charge in [0.2, 0.25) is 0 Å². The summed E-state index contributed by atoms with van der Waals surface area (Å²) >= 11 is 18.8. The number of hydrogen-bond acceptors (Lipinski definition) is 5. The molecule has 0 radical (unpaired) electrons. The fourth-order valence-electron chi connectivity index (χ4n) is 1.95. The third-order valence-electron chi connectivity index (χ3n) is 3.29. The first kappa shape index (κ1) is 20.7. The number of hydrogen-bond donors (Lipinski definition) is 1. The number of Topliss-reactive ketones (excluding diaryl/α,β-unsaturated/α-hetero) is 1. The maximum atomic E-state index is 12.1. The number of rotatable bonds is 7. The van der Waals surface area contributed by atoms with Crippen molar-refractivity contribution in [2.24, 2.45) is 0 Å². The van der Waals surface area contributed by atoms with Crippen molar-refractivity contribution in [1.82, 2.24) is 0 Å². The first-order valence-corrected chi connectivity index (χ1v) is 9.46. The molecule has 0 saturated carbocycles. The van der Waals surface area contributed by atoms with Gasteiger partial charge >= 0.3 is 5.97 Å². The van der Waals surface area contributed by atoms with E-state index in [-0.39, 0.29) is 23.6 Å². The number of ether oxygens (including phenoxy) is 1. The zero-order valence-corrected chi connectivity index (χ0v) is 16.6. The molecule has 5 nitrogen and oxygen atoms in total. The summed E-state index contributed by atoms with van der Waals surface area (Å²) in [6.07, 6.45) is -1.21. The fourth-order valence-corrected chi connectivity index (χ4v) is 3.31. The minimum absolute atomic E-state index is 0.0237. The Morgan fingerprint density at radius 3 is 2.50 bits per heavy atom. The molecule has 1 aromatic heterocycles. The molecule has 0 aliphatic carbocycles. The van der Waals surface area contributed by atoms with Crippen LogP contribution in [0, 0.1) is 0 Å². The maximum absolute atomic E-state index is 12.1. The van der Waals surface area contributed by atoms with E-state index in [0.717, 1.165) is 11.3 Å². The molecule has 1 N–H and O–H groups in total. The molecule has 2 rings (SSSR count). The molecule has 9 heteroatoms. The van der Waals surface area contributed by atoms with Crippen molar-refractivity contribution in [3.8, 4) is 0 Å². The summed E-state index contributed by atoms with van der Waals surface area (Å²) in [4.78, 5) is 36.4. The third-order valence-corrected chi connectivity index (χ3v) is 5.38. The summed E-state index contributed by atoms with van der Waals surface area (Å²) in [6.45, 7) is 1.42. The van der Waals surface area contributed by atoms with Crippen LogP contribution in [0.3, 0.4) is 0 Å². The maximum Gasteiger partial charge on any atom is 0.307 e. The van der Waals surface area contributed by atoms with Gasteiger partial charge in [0.05, 0.1) is 31.4 Å². The van der Waals surface area contributed by atoms with Crippen LogP contribution in [-0.2, 0) is 14.3 Å². The summed E-state index contributed by atoms with van der Waals surface area (Å²) in [5.41, 5.74) is 0.316. The Labute approximate surface area is 169 Å². The molecule has 1 aromatic carbocycles. The van der Waals surface area contributed by atoms with Gasteiger partial charge in [-0.25, -0.2) is 0 Å². The number of amides is 1. The SMILES string of the molecule is CC(OC(=O)CCC(=O)c1ccc(Cl)s1)C(=O)Nc1cccc(Cl)c1Cl. The molecular formula is C17H14Cl3NO4S. The average molecular weight is 435 g/mol. The topological polar surface area (TPSA) is 72.5 Å². The molecule has 0 spiro atoms. The Morgan fingerprint density at radius 1 is 1.12 bits per heavy atom. The third kappa shape index (κ3) is 5.71. The Bertz CT molecular complexity index is 837. The molecule has 1 atom stereocenters. The summed E-state index contributed by atoms with van der Waals surface area (Å²) < 4.78 is 5.54. The van der Waals surface area contributed by atoms with Gasteiger partial charge in [0.15, 0.2) is 11.9 Å². The molecule has 0 aliphatic rings. The predicted octanol–water partition coefficient (Wildman–Crippen LogP) is 5.24. The van der Waals surface area contributed by atoms with Gasteiger partial charge in [-0.15, -0.1) is 11.3 Å². The van der Waals surface area contributed by atoms with Crippen LogP contribution in [0.15, 0.2) is 30.3 Å². The highest BCUT2D eigenvalue weighted by atomic mass is 35.5. The average Bonchev–Trinajstić information content (AvgIpc) is 3.03. The van der Waals surface area contributed by atoms with Gasteiger partial charge < -0.3 is 10.1 Å². The number of nitrogens with one attached hydrogen (secondary N) is 1. The van der Waals surface area contributed by atoms with Crippen LogP contribution in [0.2, 0.25) is 14.4 Å². The Hall–Kier alpha value is -1.60. The van der Waals surface area contributed by atoms with Crippen molar-refractivity contribution < 1.29 is 19.1 Å². The number of ketones is 1. The highest BCUT2D eigenvalue weighted by Gasteiger charge is 2.20. The molecular weight excluding hydrogens is 421 g/mol. The van der Waals surface area contributed by atoms with Crippen molar-refractivity contribution in [3.05, 3.63) is 49.6 Å². The molecule has 138 valence electrons. The lowest BCUT2D eigenvalue weighted by Gasteiger charge is -2.14. The minimum atomic E-state index is -1.05. The highest BCUT2D eigenvalue weighted by Crippen LogP contribution is 2.29. The molecule has 26 heavy (non-hydrogen) atoms. The van der Waals surface area contributed by atoms with E-state index in [1.165, 1.54) is 6.92 Å². The van der Waals surface area contributed by atoms with Gasteiger partial charge in [-0.05, 0) is 31.2 Å². The lowest BCUT2D eigenvalue weighted by molar-refractivity contribution is -0.153. The van der Waals surface area contributed by atoms with Crippen LogP contribution in [0.5, 0.6) is 0 Å². The number of thiophene rings is 1. The van der Waals surface area contributed by atoms with E-state index in [0.29, 0.717) is 19.9 Å². The van der Waals surface area contributed by atoms with E-state index in [4.69, 9.17) is 39.5 Å². The molecule has 0 aliphatic heterocycles. The molecule has 1 amide bonds. The zero-order valence-electron chi connectivity index (χ0n) is 13.6. The summed E-state index contributed by atoms with van der Waals surface area (Å²) in [5, 5.41) is 3.03. The Balaban J connectivity index is 1.83. The second-order valence-corrected chi connectivity index (χ2v) is 7.75. The van der Waals surface area contributed by atoms with Crippen LogP contribution >= 0.6 is 46.1 Å². The van der Waals surface area contributed by atoms with E-state index >= 15 is 0 Å². The van der Waals surface area contributed by atoms with Gasteiger partial charge in [-0.1, -0.05) is 40.9 Å². The summed E-state index contributed by atoms with van der Waals surface area (Å²) in [5.74, 6) is -1.42. The number of carbonyl (C=O) groups is 3. The monoisotopic (exact) mass is 433 g/mol. The summed E-state index contributed by atoms with van der Waals surface area (Å²) in [6, 6.07) is 8.01. The van der Waals surface area contributed by atoms with E-state index in [9.17, 15) is 14.4 Å². The van der Waals surface area contributed by atoms with Gasteiger partial charge in [-0.2, -0.15) is 0 Å². The van der Waals surface area contributed by atoms with Gasteiger partial charge in [0.1, 0.15) is 0 Å². The standard InChI is InChI=1S/C17H14Cl3NO4S/c1-9(17(24)21-11-4-2-3-10(18)16(11)20)25-15(23)8-5-12(22)13-6-7-14(19)26-13/h2-4,6-7,9H,5,8H2,1H3,(H,21,24). The molecule has 1 heterocycles. The van der Waals surface area contributed by atoms with Crippen molar-refractivity contribution in [2.75, 3.05) is 5.32 Å². The Morgan fingerprint density at radius 2 is 1.85 bits per heavy atom. The normalized spacial score (nSPS) is 11.7. The Kier molecular flexibility index (Phi) is 7.46. The van der Waals surface area contributed by atoms with Crippen molar-refractivity contribution >= 4 is 69.5 Å². The van der Waals surface area contributed by atoms with Gasteiger partial charge in [0, 0.05) is 6.42 Å². The fraction of sp³-hybridized carbons (Fsp3) is 0.235. The minimum Gasteiger partial charge on any atom is -0.453 e. The van der Waals surface area contributed by atoms with E-state index in [1.54, 1.807) is 30.3 Å². The first-order chi connectivity index (χ1) is 12.3. The van der Waals surface area contributed by atoms with Crippen molar-refractivity contribution in [3.63, 3.8) is 0 Å². The van der Waals surface area contributed by atoms with Crippen LogP contribution in [0.4, 0.5) is 5.69 Å². The van der Waals surface area contributed by atoms with E-state index < -0.39 is 18.0 Å². The second kappa shape index (κ2) is 9.37. The molecule has 0 fully saturated rings. The number of benzene rings is 1. The van der Waals surface area contributed by atoms with Crippen LogP contribution in [0.25, 0.3) is 0 Å².